The Bertz CT molecular complexity index is 1030. The molecule has 0 aromatic heterocycles. The van der Waals surface area contributed by atoms with Gasteiger partial charge < -0.3 is 9.47 Å². The maximum Gasteiger partial charge on any atom is 0.150 e. The van der Waals surface area contributed by atoms with E-state index in [1.54, 1.807) is 38.1 Å². The van der Waals surface area contributed by atoms with Crippen LogP contribution >= 0.6 is 0 Å². The maximum atomic E-state index is 13.6. The third kappa shape index (κ3) is 7.74. The summed E-state index contributed by atoms with van der Waals surface area (Å²) < 4.78 is 25.3. The van der Waals surface area contributed by atoms with Gasteiger partial charge in [0.05, 0.1) is 6.61 Å². The first-order valence-corrected chi connectivity index (χ1v) is 11.5. The zero-order chi connectivity index (χ0) is 24.4. The lowest BCUT2D eigenvalue weighted by Crippen LogP contribution is -2.16. The van der Waals surface area contributed by atoms with E-state index < -0.39 is 5.67 Å². The molecule has 0 bridgehead atoms. The Kier molecular flexibility index (Phi) is 9.65. The van der Waals surface area contributed by atoms with E-state index in [2.05, 4.69) is 32.0 Å². The molecule has 0 aliphatic rings. The number of ether oxygens (including phenoxy) is 2. The normalized spacial score (nSPS) is 10.8. The molecule has 3 nitrogen and oxygen atoms in total. The average molecular weight is 451 g/mol. The van der Waals surface area contributed by atoms with Crippen molar-refractivity contribution in [2.75, 3.05) is 6.61 Å². The minimum Gasteiger partial charge on any atom is -0.493 e. The van der Waals surface area contributed by atoms with Gasteiger partial charge in [-0.2, -0.15) is 0 Å². The van der Waals surface area contributed by atoms with Crippen LogP contribution in [0.2, 0.25) is 0 Å². The monoisotopic (exact) mass is 450 g/mol. The first kappa shape index (κ1) is 26.1. The number of benzene rings is 3. The zero-order valence-corrected chi connectivity index (χ0v) is 20.6. The summed E-state index contributed by atoms with van der Waals surface area (Å²) in [4.78, 5) is 10.8. The average Bonchev–Trinajstić information content (AvgIpc) is 2.80. The van der Waals surface area contributed by atoms with Crippen LogP contribution in [0, 0.1) is 13.8 Å². The van der Waals surface area contributed by atoms with Crippen LogP contribution in [0.25, 0.3) is 11.1 Å². The molecule has 0 radical (unpaired) electrons. The molecule has 0 aliphatic heterocycles. The Morgan fingerprint density at radius 3 is 2.15 bits per heavy atom. The smallest absolute Gasteiger partial charge is 0.150 e. The van der Waals surface area contributed by atoms with Crippen molar-refractivity contribution in [3.8, 4) is 22.6 Å². The van der Waals surface area contributed by atoms with E-state index in [1.807, 2.05) is 32.0 Å². The number of rotatable bonds is 9. The minimum atomic E-state index is -1.23. The number of hydrogen-bond acceptors (Lipinski definition) is 3. The summed E-state index contributed by atoms with van der Waals surface area (Å²) in [6.45, 7) is 12.1. The van der Waals surface area contributed by atoms with Crippen LogP contribution < -0.4 is 9.47 Å². The highest BCUT2D eigenvalue weighted by Crippen LogP contribution is 2.31. The predicted octanol–water partition coefficient (Wildman–Crippen LogP) is 7.91. The molecule has 0 N–H and O–H groups in total. The highest BCUT2D eigenvalue weighted by Gasteiger charge is 2.15. The van der Waals surface area contributed by atoms with Crippen molar-refractivity contribution in [3.63, 3.8) is 0 Å². The Labute approximate surface area is 197 Å². The SMILES string of the molecule is CC.Cc1cc(OCCC(C)(C)F)ccc1-c1cccc(COc2ccc(C=O)cc2)c1C. The van der Waals surface area contributed by atoms with Crippen LogP contribution in [0.1, 0.15) is 61.2 Å². The molecule has 0 heterocycles. The Hall–Kier alpha value is -3.14. The van der Waals surface area contributed by atoms with Gasteiger partial charge in [0.2, 0.25) is 0 Å². The molecule has 0 spiro atoms. The van der Waals surface area contributed by atoms with Crippen molar-refractivity contribution in [3.05, 3.63) is 82.9 Å². The quantitative estimate of drug-likeness (QED) is 0.311. The second-order valence-corrected chi connectivity index (χ2v) is 8.36. The third-order valence-corrected chi connectivity index (χ3v) is 5.31. The number of carbonyl (C=O) groups is 1. The number of aryl methyl sites for hydroxylation is 1. The summed E-state index contributed by atoms with van der Waals surface area (Å²) in [6, 6.07) is 19.3. The van der Waals surface area contributed by atoms with Gasteiger partial charge in [0.1, 0.15) is 30.1 Å². The first-order valence-electron chi connectivity index (χ1n) is 11.5. The van der Waals surface area contributed by atoms with Gasteiger partial charge in [0, 0.05) is 12.0 Å². The van der Waals surface area contributed by atoms with Gasteiger partial charge in [-0.3, -0.25) is 4.79 Å². The maximum absolute atomic E-state index is 13.6. The molecular weight excluding hydrogens is 415 g/mol. The van der Waals surface area contributed by atoms with Gasteiger partial charge in [-0.15, -0.1) is 0 Å². The Balaban J connectivity index is 0.00000187. The van der Waals surface area contributed by atoms with Gasteiger partial charge in [-0.25, -0.2) is 4.39 Å². The van der Waals surface area contributed by atoms with E-state index in [4.69, 9.17) is 9.47 Å². The topological polar surface area (TPSA) is 35.5 Å². The van der Waals surface area contributed by atoms with Crippen molar-refractivity contribution in [2.24, 2.45) is 0 Å². The standard InChI is InChI=1S/C27H29FO3.C2H6/c1-19-16-24(30-15-14-27(3,4)28)12-13-25(19)26-7-5-6-22(20(26)2)18-31-23-10-8-21(17-29)9-11-23;1-2/h5-13,16-17H,14-15,18H2,1-4H3;1-2H3. The number of alkyl halides is 1. The fraction of sp³-hybridized carbons (Fsp3) is 0.345. The second-order valence-electron chi connectivity index (χ2n) is 8.36. The van der Waals surface area contributed by atoms with E-state index in [0.29, 0.717) is 25.2 Å². The lowest BCUT2D eigenvalue weighted by atomic mass is 9.93. The van der Waals surface area contributed by atoms with Crippen LogP contribution in [0.15, 0.2) is 60.7 Å². The predicted molar refractivity (Wildman–Crippen MR) is 134 cm³/mol. The van der Waals surface area contributed by atoms with E-state index in [0.717, 1.165) is 45.6 Å². The van der Waals surface area contributed by atoms with Gasteiger partial charge >= 0.3 is 0 Å². The lowest BCUT2D eigenvalue weighted by molar-refractivity contribution is 0.112. The highest BCUT2D eigenvalue weighted by atomic mass is 19.1. The summed E-state index contributed by atoms with van der Waals surface area (Å²) in [5.41, 5.74) is 5.03. The van der Waals surface area contributed by atoms with Crippen LogP contribution in [0.4, 0.5) is 4.39 Å². The van der Waals surface area contributed by atoms with Crippen LogP contribution in [0.3, 0.4) is 0 Å². The molecule has 0 saturated carbocycles. The van der Waals surface area contributed by atoms with E-state index in [1.165, 1.54) is 0 Å². The summed E-state index contributed by atoms with van der Waals surface area (Å²) >= 11 is 0. The van der Waals surface area contributed by atoms with Crippen molar-refractivity contribution in [1.29, 1.82) is 0 Å². The molecule has 0 atom stereocenters. The fourth-order valence-electron chi connectivity index (χ4n) is 3.38. The molecule has 33 heavy (non-hydrogen) atoms. The molecule has 4 heteroatoms. The Morgan fingerprint density at radius 1 is 0.879 bits per heavy atom. The van der Waals surface area contributed by atoms with E-state index >= 15 is 0 Å². The highest BCUT2D eigenvalue weighted by molar-refractivity contribution is 5.75. The minimum absolute atomic E-state index is 0.349. The van der Waals surface area contributed by atoms with Gasteiger partial charge in [-0.05, 0) is 91.9 Å². The molecule has 0 unspecified atom stereocenters. The van der Waals surface area contributed by atoms with Crippen LogP contribution in [-0.4, -0.2) is 18.6 Å². The van der Waals surface area contributed by atoms with Gasteiger partial charge in [-0.1, -0.05) is 38.1 Å². The third-order valence-electron chi connectivity index (χ3n) is 5.31. The number of halogens is 1. The molecular formula is C29H35FO3. The molecule has 0 amide bonds. The van der Waals surface area contributed by atoms with Crippen molar-refractivity contribution >= 4 is 6.29 Å². The summed E-state index contributed by atoms with van der Waals surface area (Å²) in [7, 11) is 0. The van der Waals surface area contributed by atoms with Crippen molar-refractivity contribution < 1.29 is 18.7 Å². The molecule has 3 rings (SSSR count). The molecule has 0 fully saturated rings. The summed E-state index contributed by atoms with van der Waals surface area (Å²) in [6.07, 6.45) is 1.17. The van der Waals surface area contributed by atoms with E-state index in [9.17, 15) is 9.18 Å². The molecule has 0 saturated heterocycles. The Morgan fingerprint density at radius 2 is 1.55 bits per heavy atom. The molecule has 0 aliphatic carbocycles. The number of aldehydes is 1. The van der Waals surface area contributed by atoms with E-state index in [-0.39, 0.29) is 0 Å². The van der Waals surface area contributed by atoms with Gasteiger partial charge in [0.25, 0.3) is 0 Å². The molecule has 3 aromatic carbocycles. The lowest BCUT2D eigenvalue weighted by Gasteiger charge is -2.17. The second kappa shape index (κ2) is 12.2. The summed E-state index contributed by atoms with van der Waals surface area (Å²) in [5.74, 6) is 1.48. The number of hydrogen-bond donors (Lipinski definition) is 0. The van der Waals surface area contributed by atoms with Crippen LogP contribution in [0.5, 0.6) is 11.5 Å². The first-order chi connectivity index (χ1) is 15.8. The number of carbonyl (C=O) groups excluding carboxylic acids is 1. The fourth-order valence-corrected chi connectivity index (χ4v) is 3.38. The molecule has 3 aromatic rings. The summed E-state index contributed by atoms with van der Waals surface area (Å²) in [5, 5.41) is 0. The van der Waals surface area contributed by atoms with Gasteiger partial charge in [0.15, 0.2) is 0 Å². The van der Waals surface area contributed by atoms with Crippen LogP contribution in [-0.2, 0) is 6.61 Å². The van der Waals surface area contributed by atoms with Crippen molar-refractivity contribution in [2.45, 2.75) is 60.2 Å². The van der Waals surface area contributed by atoms with Crippen molar-refractivity contribution in [1.82, 2.24) is 0 Å². The zero-order valence-electron chi connectivity index (χ0n) is 20.6. The largest absolute Gasteiger partial charge is 0.493 e. The molecule has 176 valence electrons.